The summed E-state index contributed by atoms with van der Waals surface area (Å²) in [6.45, 7) is 4.47. The van der Waals surface area contributed by atoms with Crippen LogP contribution in [0.1, 0.15) is 62.3 Å². The molecule has 0 bridgehead atoms. The van der Waals surface area contributed by atoms with Crippen molar-refractivity contribution in [3.05, 3.63) is 34.9 Å². The summed E-state index contributed by atoms with van der Waals surface area (Å²) < 4.78 is 5.82. The summed E-state index contributed by atoms with van der Waals surface area (Å²) in [5.41, 5.74) is 4.48. The molecular weight excluding hydrogens is 246 g/mol. The molecule has 2 heteroatoms. The van der Waals surface area contributed by atoms with Crippen LogP contribution < -0.4 is 5.32 Å². The maximum atomic E-state index is 5.82. The Morgan fingerprint density at radius 3 is 2.45 bits per heavy atom. The highest BCUT2D eigenvalue weighted by atomic mass is 16.5. The van der Waals surface area contributed by atoms with Crippen LogP contribution in [0.2, 0.25) is 0 Å². The first-order valence-corrected chi connectivity index (χ1v) is 8.02. The van der Waals surface area contributed by atoms with Crippen LogP contribution in [0.5, 0.6) is 0 Å². The molecule has 0 aromatic heterocycles. The number of aryl methyl sites for hydroxylation is 2. The van der Waals surface area contributed by atoms with E-state index in [0.717, 1.165) is 19.3 Å². The maximum Gasteiger partial charge on any atom is 0.0697 e. The molecule has 0 radical (unpaired) electrons. The Labute approximate surface area is 123 Å². The Morgan fingerprint density at radius 2 is 2.00 bits per heavy atom. The first-order valence-electron chi connectivity index (χ1n) is 8.02. The average molecular weight is 275 g/mol. The molecule has 2 nitrogen and oxygen atoms in total. The van der Waals surface area contributed by atoms with Gasteiger partial charge in [0.05, 0.1) is 5.60 Å². The van der Waals surface area contributed by atoms with E-state index in [4.69, 9.17) is 4.74 Å². The van der Waals surface area contributed by atoms with E-state index in [-0.39, 0.29) is 5.60 Å². The minimum atomic E-state index is 0.112. The van der Waals surface area contributed by atoms with E-state index in [1.165, 1.54) is 36.0 Å². The van der Waals surface area contributed by atoms with Gasteiger partial charge in [-0.25, -0.2) is 0 Å². The third kappa shape index (κ3) is 3.07. The van der Waals surface area contributed by atoms with Crippen LogP contribution in [0, 0.1) is 0 Å². The lowest BCUT2D eigenvalue weighted by Gasteiger charge is -2.43. The van der Waals surface area contributed by atoms with Gasteiger partial charge in [0.15, 0.2) is 0 Å². The largest absolute Gasteiger partial charge is 0.378 e. The van der Waals surface area contributed by atoms with Crippen molar-refractivity contribution in [1.29, 1.82) is 0 Å². The standard InChI is InChI=1S/C18H29NO/c1-5-14-8-9-15(6-2)16(12-14)17(19-3)13-18(20-4)10-7-11-18/h8-9,12,17,19H,5-7,10-11,13H2,1-4H3. The van der Waals surface area contributed by atoms with Crippen LogP contribution in [0.15, 0.2) is 18.2 Å². The van der Waals surface area contributed by atoms with Gasteiger partial charge in [0.25, 0.3) is 0 Å². The third-order valence-corrected chi connectivity index (χ3v) is 5.00. The second-order valence-corrected chi connectivity index (χ2v) is 6.03. The monoisotopic (exact) mass is 275 g/mol. The number of benzene rings is 1. The highest BCUT2D eigenvalue weighted by molar-refractivity contribution is 5.35. The van der Waals surface area contributed by atoms with E-state index >= 15 is 0 Å². The minimum Gasteiger partial charge on any atom is -0.378 e. The SMILES string of the molecule is CCc1ccc(CC)c(C(CC2(OC)CCC2)NC)c1. The topological polar surface area (TPSA) is 21.3 Å². The van der Waals surface area contributed by atoms with Crippen molar-refractivity contribution in [2.24, 2.45) is 0 Å². The molecule has 1 aliphatic rings. The molecule has 0 amide bonds. The smallest absolute Gasteiger partial charge is 0.0697 e. The molecule has 1 aliphatic carbocycles. The van der Waals surface area contributed by atoms with Crippen LogP contribution in [0.25, 0.3) is 0 Å². The van der Waals surface area contributed by atoms with Crippen LogP contribution in [-0.2, 0) is 17.6 Å². The molecule has 2 rings (SSSR count). The Morgan fingerprint density at radius 1 is 1.25 bits per heavy atom. The normalized spacial score (nSPS) is 18.6. The lowest BCUT2D eigenvalue weighted by molar-refractivity contribution is -0.0834. The molecule has 1 aromatic carbocycles. The first kappa shape index (κ1) is 15.5. The van der Waals surface area contributed by atoms with Gasteiger partial charge >= 0.3 is 0 Å². The highest BCUT2D eigenvalue weighted by Crippen LogP contribution is 2.42. The molecule has 1 saturated carbocycles. The molecule has 0 heterocycles. The molecular formula is C18H29NO. The average Bonchev–Trinajstić information content (AvgIpc) is 2.46. The fraction of sp³-hybridized carbons (Fsp3) is 0.667. The molecule has 20 heavy (non-hydrogen) atoms. The first-order chi connectivity index (χ1) is 9.68. The van der Waals surface area contributed by atoms with Gasteiger partial charge in [-0.1, -0.05) is 32.0 Å². The number of hydrogen-bond donors (Lipinski definition) is 1. The van der Waals surface area contributed by atoms with E-state index in [2.05, 4.69) is 44.4 Å². The molecule has 0 spiro atoms. The second kappa shape index (κ2) is 6.73. The molecule has 0 aliphatic heterocycles. The second-order valence-electron chi connectivity index (χ2n) is 6.03. The quantitative estimate of drug-likeness (QED) is 0.811. The van der Waals surface area contributed by atoms with Crippen molar-refractivity contribution in [3.63, 3.8) is 0 Å². The number of ether oxygens (including phenoxy) is 1. The highest BCUT2D eigenvalue weighted by Gasteiger charge is 2.39. The minimum absolute atomic E-state index is 0.112. The molecule has 112 valence electrons. The Balaban J connectivity index is 2.25. The van der Waals surface area contributed by atoms with Gasteiger partial charge in [-0.3, -0.25) is 0 Å². The van der Waals surface area contributed by atoms with Gasteiger partial charge in [0.2, 0.25) is 0 Å². The number of methoxy groups -OCH3 is 1. The van der Waals surface area contributed by atoms with Crippen LogP contribution in [0.4, 0.5) is 0 Å². The van der Waals surface area contributed by atoms with Gasteiger partial charge in [-0.05, 0) is 62.3 Å². The van der Waals surface area contributed by atoms with Crippen molar-refractivity contribution in [1.82, 2.24) is 5.32 Å². The summed E-state index contributed by atoms with van der Waals surface area (Å²) in [5, 5.41) is 3.52. The lowest BCUT2D eigenvalue weighted by atomic mass is 9.74. The van der Waals surface area contributed by atoms with Crippen LogP contribution in [0.3, 0.4) is 0 Å². The summed E-state index contributed by atoms with van der Waals surface area (Å²) >= 11 is 0. The van der Waals surface area contributed by atoms with E-state index in [1.54, 1.807) is 0 Å². The van der Waals surface area contributed by atoms with Crippen molar-refractivity contribution in [2.45, 2.75) is 64.0 Å². The van der Waals surface area contributed by atoms with Gasteiger partial charge < -0.3 is 10.1 Å². The van der Waals surface area contributed by atoms with E-state index in [0.29, 0.717) is 6.04 Å². The molecule has 1 unspecified atom stereocenters. The zero-order chi connectivity index (χ0) is 14.6. The fourth-order valence-electron chi connectivity index (χ4n) is 3.31. The Kier molecular flexibility index (Phi) is 5.22. The number of rotatable bonds is 7. The third-order valence-electron chi connectivity index (χ3n) is 5.00. The van der Waals surface area contributed by atoms with Crippen LogP contribution >= 0.6 is 0 Å². The predicted molar refractivity (Wildman–Crippen MR) is 85.2 cm³/mol. The van der Waals surface area contributed by atoms with Gasteiger partial charge in [-0.2, -0.15) is 0 Å². The summed E-state index contributed by atoms with van der Waals surface area (Å²) in [7, 11) is 3.94. The van der Waals surface area contributed by atoms with Gasteiger partial charge in [0.1, 0.15) is 0 Å². The zero-order valence-electron chi connectivity index (χ0n) is 13.5. The number of nitrogens with one attached hydrogen (secondary N) is 1. The summed E-state index contributed by atoms with van der Waals surface area (Å²) in [6.07, 6.45) is 6.99. The van der Waals surface area contributed by atoms with E-state index in [1.807, 2.05) is 7.11 Å². The predicted octanol–water partition coefficient (Wildman–Crippen LogP) is 4.03. The fourth-order valence-corrected chi connectivity index (χ4v) is 3.31. The van der Waals surface area contributed by atoms with E-state index in [9.17, 15) is 0 Å². The van der Waals surface area contributed by atoms with Crippen molar-refractivity contribution in [2.75, 3.05) is 14.2 Å². The Bertz CT molecular complexity index is 432. The number of hydrogen-bond acceptors (Lipinski definition) is 2. The summed E-state index contributed by atoms with van der Waals surface area (Å²) in [4.78, 5) is 0. The summed E-state index contributed by atoms with van der Waals surface area (Å²) in [5.74, 6) is 0. The van der Waals surface area contributed by atoms with E-state index < -0.39 is 0 Å². The van der Waals surface area contributed by atoms with Gasteiger partial charge in [-0.15, -0.1) is 0 Å². The molecule has 1 aromatic rings. The van der Waals surface area contributed by atoms with Crippen molar-refractivity contribution >= 4 is 0 Å². The van der Waals surface area contributed by atoms with Crippen molar-refractivity contribution < 1.29 is 4.74 Å². The van der Waals surface area contributed by atoms with Crippen LogP contribution in [-0.4, -0.2) is 19.8 Å². The van der Waals surface area contributed by atoms with Crippen molar-refractivity contribution in [3.8, 4) is 0 Å². The van der Waals surface area contributed by atoms with Gasteiger partial charge in [0, 0.05) is 13.2 Å². The Hall–Kier alpha value is -0.860. The molecule has 1 fully saturated rings. The molecule has 0 saturated heterocycles. The molecule has 1 N–H and O–H groups in total. The lowest BCUT2D eigenvalue weighted by Crippen LogP contribution is -2.42. The summed E-state index contributed by atoms with van der Waals surface area (Å²) in [6, 6.07) is 7.36. The molecule has 1 atom stereocenters. The zero-order valence-corrected chi connectivity index (χ0v) is 13.5. The maximum absolute atomic E-state index is 5.82.